The molecule has 0 saturated heterocycles. The molecule has 0 heterocycles. The molecule has 0 aromatic heterocycles. The van der Waals surface area contributed by atoms with Crippen LogP contribution in [0.1, 0.15) is 6.92 Å². The van der Waals surface area contributed by atoms with Crippen LogP contribution in [0.5, 0.6) is 11.5 Å². The molecule has 0 amide bonds. The van der Waals surface area contributed by atoms with Crippen LogP contribution >= 0.6 is 0 Å². The highest BCUT2D eigenvalue weighted by Crippen LogP contribution is 2.20. The summed E-state index contributed by atoms with van der Waals surface area (Å²) in [7, 11) is 0. The molecule has 1 aromatic rings. The van der Waals surface area contributed by atoms with E-state index >= 15 is 0 Å². The van der Waals surface area contributed by atoms with E-state index in [1.807, 2.05) is 0 Å². The van der Waals surface area contributed by atoms with Crippen LogP contribution in [0.25, 0.3) is 0 Å². The lowest BCUT2D eigenvalue weighted by Gasteiger charge is -2.05. The van der Waals surface area contributed by atoms with Crippen molar-refractivity contribution in [3.63, 3.8) is 0 Å². The van der Waals surface area contributed by atoms with E-state index in [1.54, 1.807) is 18.2 Å². The molecule has 0 radical (unpaired) electrons. The largest absolute Gasteiger partial charge is 0.423 e. The van der Waals surface area contributed by atoms with E-state index in [9.17, 15) is 9.00 Å². The lowest BCUT2D eigenvalue weighted by Crippen LogP contribution is -2.11. The van der Waals surface area contributed by atoms with E-state index in [1.165, 1.54) is 13.0 Å². The van der Waals surface area contributed by atoms with Crippen molar-refractivity contribution in [1.82, 2.24) is 0 Å². The molecule has 0 aliphatic heterocycles. The predicted octanol–water partition coefficient (Wildman–Crippen LogP) is 1.08. The number of hydrogen-bond acceptors (Lipinski definition) is 4. The summed E-state index contributed by atoms with van der Waals surface area (Å²) in [6.45, 7) is 4.99. The fourth-order valence-electron chi connectivity index (χ4n) is 0.879. The number of carbonyl (C=O) groups excluding carboxylic acids is 1. The monoisotopic (exact) mass is 241 g/mol. The molecule has 0 aliphatic rings. The molecule has 1 rings (SSSR count). The predicted molar refractivity (Wildman–Crippen MR) is 59.8 cm³/mol. The Labute approximate surface area is 95.6 Å². The van der Waals surface area contributed by atoms with E-state index in [-0.39, 0.29) is 17.1 Å². The van der Waals surface area contributed by atoms with Gasteiger partial charge in [0.25, 0.3) is 11.3 Å². The molecule has 6 heteroatoms. The second-order valence-electron chi connectivity index (χ2n) is 2.99. The first-order chi connectivity index (χ1) is 7.49. The quantitative estimate of drug-likeness (QED) is 0.486. The van der Waals surface area contributed by atoms with E-state index in [2.05, 4.69) is 6.58 Å². The van der Waals surface area contributed by atoms with Gasteiger partial charge in [0.15, 0.2) is 0 Å². The summed E-state index contributed by atoms with van der Waals surface area (Å²) in [5.41, 5.74) is 0.286. The van der Waals surface area contributed by atoms with Crippen LogP contribution < -0.4 is 14.1 Å². The number of hydrogen-bond donors (Lipinski definition) is 1. The van der Waals surface area contributed by atoms with Gasteiger partial charge < -0.3 is 8.92 Å². The summed E-state index contributed by atoms with van der Waals surface area (Å²) in [5, 5.41) is 4.95. The Kier molecular flexibility index (Phi) is 4.21. The van der Waals surface area contributed by atoms with Gasteiger partial charge in [0, 0.05) is 11.6 Å². The second-order valence-corrected chi connectivity index (χ2v) is 3.68. The van der Waals surface area contributed by atoms with Gasteiger partial charge in [-0.25, -0.2) is 9.93 Å². The first kappa shape index (κ1) is 12.4. The van der Waals surface area contributed by atoms with Gasteiger partial charge in [-0.2, -0.15) is 4.21 Å². The third kappa shape index (κ3) is 3.84. The molecule has 5 nitrogen and oxygen atoms in total. The number of benzene rings is 1. The zero-order chi connectivity index (χ0) is 12.1. The molecule has 16 heavy (non-hydrogen) atoms. The Morgan fingerprint density at radius 3 is 2.62 bits per heavy atom. The molecule has 0 fully saturated rings. The van der Waals surface area contributed by atoms with Crippen molar-refractivity contribution >= 4 is 17.2 Å². The van der Waals surface area contributed by atoms with E-state index < -0.39 is 17.2 Å². The van der Waals surface area contributed by atoms with Gasteiger partial charge in [-0.05, 0) is 19.1 Å². The smallest absolute Gasteiger partial charge is 0.338 e. The average molecular weight is 241 g/mol. The summed E-state index contributed by atoms with van der Waals surface area (Å²) in [5.74, 6) is -0.00480. The van der Waals surface area contributed by atoms with E-state index in [0.717, 1.165) is 0 Å². The Bertz CT molecular complexity index is 444. The minimum atomic E-state index is -1.90. The first-order valence-corrected chi connectivity index (χ1v) is 5.45. The van der Waals surface area contributed by atoms with Crippen LogP contribution in [0.15, 0.2) is 36.4 Å². The van der Waals surface area contributed by atoms with Crippen LogP contribution in [-0.2, 0) is 16.1 Å². The average Bonchev–Trinajstić information content (AvgIpc) is 2.16. The molecule has 0 bridgehead atoms. The van der Waals surface area contributed by atoms with Crippen LogP contribution in [0, 0.1) is 0 Å². The van der Waals surface area contributed by atoms with Gasteiger partial charge in [-0.3, -0.25) is 0 Å². The molecule has 1 aromatic carbocycles. The van der Waals surface area contributed by atoms with Crippen molar-refractivity contribution in [2.45, 2.75) is 6.92 Å². The van der Waals surface area contributed by atoms with Crippen molar-refractivity contribution in [1.29, 1.82) is 0 Å². The number of esters is 1. The minimum Gasteiger partial charge on any atom is -0.423 e. The van der Waals surface area contributed by atoms with Crippen molar-refractivity contribution in [3.05, 3.63) is 36.4 Å². The molecule has 1 unspecified atom stereocenters. The third-order valence-electron chi connectivity index (χ3n) is 1.54. The Hall–Kier alpha value is -1.66. The number of nitrogens with two attached hydrogens (primary N) is 1. The zero-order valence-corrected chi connectivity index (χ0v) is 9.45. The maximum atomic E-state index is 11.2. The Morgan fingerprint density at radius 1 is 1.44 bits per heavy atom. The highest BCUT2D eigenvalue weighted by Gasteiger charge is 2.06. The summed E-state index contributed by atoms with van der Waals surface area (Å²) in [6.07, 6.45) is 0. The molecule has 0 spiro atoms. The molecular formula is C10H11NO4S. The fourth-order valence-corrected chi connectivity index (χ4v) is 1.17. The van der Waals surface area contributed by atoms with Crippen LogP contribution in [0.4, 0.5) is 0 Å². The zero-order valence-electron chi connectivity index (χ0n) is 8.64. The molecule has 2 N–H and O–H groups in total. The summed E-state index contributed by atoms with van der Waals surface area (Å²) < 4.78 is 20.3. The lowest BCUT2D eigenvalue weighted by atomic mass is 10.3. The minimum absolute atomic E-state index is 0.257. The molecular weight excluding hydrogens is 230 g/mol. The highest BCUT2D eigenvalue weighted by molar-refractivity contribution is 7.78. The molecule has 0 aliphatic carbocycles. The number of ether oxygens (including phenoxy) is 1. The summed E-state index contributed by atoms with van der Waals surface area (Å²) in [6, 6.07) is 6.10. The molecule has 1 atom stereocenters. The van der Waals surface area contributed by atoms with Gasteiger partial charge in [-0.15, -0.1) is 0 Å². The fraction of sp³-hybridized carbons (Fsp3) is 0.100. The maximum Gasteiger partial charge on any atom is 0.338 e. The lowest BCUT2D eigenvalue weighted by molar-refractivity contribution is -0.130. The third-order valence-corrected chi connectivity index (χ3v) is 1.90. The standard InChI is InChI=1S/C10H11NO4S/c1-7(2)10(12)14-8-4-3-5-9(6-8)15-16(11)13/h3-6H,1,11H2,2H3. The van der Waals surface area contributed by atoms with Gasteiger partial charge in [-0.1, -0.05) is 12.6 Å². The van der Waals surface area contributed by atoms with Gasteiger partial charge >= 0.3 is 5.97 Å². The maximum absolute atomic E-state index is 11.2. The van der Waals surface area contributed by atoms with Gasteiger partial charge in [0.2, 0.25) is 0 Å². The number of carbonyl (C=O) groups is 1. The summed E-state index contributed by atoms with van der Waals surface area (Å²) >= 11 is -1.90. The topological polar surface area (TPSA) is 78.6 Å². The van der Waals surface area contributed by atoms with Crippen LogP contribution in [0.3, 0.4) is 0 Å². The molecule has 86 valence electrons. The first-order valence-electron chi connectivity index (χ1n) is 4.31. The van der Waals surface area contributed by atoms with Crippen molar-refractivity contribution in [3.8, 4) is 11.5 Å². The van der Waals surface area contributed by atoms with Crippen LogP contribution in [0.2, 0.25) is 0 Å². The SMILES string of the molecule is C=C(C)C(=O)Oc1cccc(OS(N)=O)c1. The van der Waals surface area contributed by atoms with Crippen molar-refractivity contribution < 1.29 is 17.9 Å². The van der Waals surface area contributed by atoms with Gasteiger partial charge in [0.05, 0.1) is 0 Å². The van der Waals surface area contributed by atoms with E-state index in [0.29, 0.717) is 0 Å². The van der Waals surface area contributed by atoms with Crippen molar-refractivity contribution in [2.75, 3.05) is 0 Å². The van der Waals surface area contributed by atoms with Crippen LogP contribution in [-0.4, -0.2) is 10.2 Å². The normalized spacial score (nSPS) is 11.6. The Balaban J connectivity index is 2.78. The number of rotatable bonds is 4. The van der Waals surface area contributed by atoms with E-state index in [4.69, 9.17) is 14.1 Å². The molecule has 0 saturated carbocycles. The Morgan fingerprint density at radius 2 is 2.06 bits per heavy atom. The van der Waals surface area contributed by atoms with Gasteiger partial charge in [0.1, 0.15) is 11.5 Å². The van der Waals surface area contributed by atoms with Crippen molar-refractivity contribution in [2.24, 2.45) is 5.14 Å². The second kappa shape index (κ2) is 5.43. The highest BCUT2D eigenvalue weighted by atomic mass is 32.2. The summed E-state index contributed by atoms with van der Waals surface area (Å²) in [4.78, 5) is 11.2.